The first kappa shape index (κ1) is 15.7. The van der Waals surface area contributed by atoms with Crippen LogP contribution in [0.5, 0.6) is 0 Å². The van der Waals surface area contributed by atoms with Crippen molar-refractivity contribution in [2.75, 3.05) is 12.0 Å². The Morgan fingerprint density at radius 2 is 1.80 bits per heavy atom. The van der Waals surface area contributed by atoms with Crippen LogP contribution in [0.1, 0.15) is 29.6 Å². The first-order valence-electron chi connectivity index (χ1n) is 8.18. The molecule has 0 spiro atoms. The van der Waals surface area contributed by atoms with Gasteiger partial charge in [0.15, 0.2) is 0 Å². The zero-order valence-corrected chi connectivity index (χ0v) is 13.5. The van der Waals surface area contributed by atoms with Gasteiger partial charge in [0.2, 0.25) is 11.8 Å². The Morgan fingerprint density at radius 3 is 2.32 bits per heavy atom. The van der Waals surface area contributed by atoms with Gasteiger partial charge in [-0.25, -0.2) is 9.69 Å². The molecule has 2 amide bonds. The number of benzene rings is 1. The molecule has 1 saturated heterocycles. The van der Waals surface area contributed by atoms with Gasteiger partial charge >= 0.3 is 5.97 Å². The number of non-ortho nitro benzene ring substituents is 1. The molecule has 0 unspecified atom stereocenters. The van der Waals surface area contributed by atoms with Crippen molar-refractivity contribution in [2.45, 2.75) is 19.3 Å². The van der Waals surface area contributed by atoms with Crippen LogP contribution in [0.15, 0.2) is 18.2 Å². The van der Waals surface area contributed by atoms with Crippen molar-refractivity contribution in [3.05, 3.63) is 33.9 Å². The Labute approximate surface area is 142 Å². The van der Waals surface area contributed by atoms with Gasteiger partial charge in [-0.05, 0) is 37.2 Å². The highest BCUT2D eigenvalue weighted by Crippen LogP contribution is 2.56. The third kappa shape index (κ3) is 2.09. The Balaban J connectivity index is 1.82. The third-order valence-corrected chi connectivity index (χ3v) is 5.77. The minimum Gasteiger partial charge on any atom is -0.465 e. The Hall–Kier alpha value is -2.77. The number of fused-ring (bicyclic) bond motifs is 5. The largest absolute Gasteiger partial charge is 0.465 e. The summed E-state index contributed by atoms with van der Waals surface area (Å²) in [6.45, 7) is 0. The van der Waals surface area contributed by atoms with E-state index in [1.54, 1.807) is 0 Å². The molecule has 1 heterocycles. The number of esters is 1. The van der Waals surface area contributed by atoms with Gasteiger partial charge in [-0.3, -0.25) is 19.7 Å². The molecule has 3 fully saturated rings. The van der Waals surface area contributed by atoms with Crippen LogP contribution in [0.2, 0.25) is 0 Å². The Bertz CT molecular complexity index is 791. The van der Waals surface area contributed by atoms with E-state index < -0.39 is 10.9 Å². The lowest BCUT2D eigenvalue weighted by Crippen LogP contribution is -2.34. The molecular weight excluding hydrogens is 328 g/mol. The highest BCUT2D eigenvalue weighted by molar-refractivity contribution is 6.24. The standard InChI is InChI=1S/C17H16N2O6/c1-25-17(22)11-5-4-10(19(23)24)7-12(11)18-15(20)13-8-2-3-9(6-8)14(13)16(18)21/h4-5,7-9,13-14H,2-3,6H2,1H3/t8-,9-,13-,14+/m1/s1. The molecule has 4 rings (SSSR count). The molecule has 1 aromatic carbocycles. The first-order valence-corrected chi connectivity index (χ1v) is 8.18. The second kappa shape index (κ2) is 5.37. The summed E-state index contributed by atoms with van der Waals surface area (Å²) in [5, 5.41) is 11.1. The summed E-state index contributed by atoms with van der Waals surface area (Å²) < 4.78 is 4.70. The normalized spacial score (nSPS) is 29.9. The zero-order valence-electron chi connectivity index (χ0n) is 13.5. The topological polar surface area (TPSA) is 107 Å². The summed E-state index contributed by atoms with van der Waals surface area (Å²) in [5.74, 6) is -1.80. The van der Waals surface area contributed by atoms with Gasteiger partial charge in [0.25, 0.3) is 5.69 Å². The van der Waals surface area contributed by atoms with E-state index in [-0.39, 0.29) is 52.4 Å². The number of methoxy groups -OCH3 is 1. The number of hydrogen-bond acceptors (Lipinski definition) is 6. The van der Waals surface area contributed by atoms with Gasteiger partial charge in [-0.2, -0.15) is 0 Å². The van der Waals surface area contributed by atoms with Gasteiger partial charge < -0.3 is 4.74 Å². The van der Waals surface area contributed by atoms with Crippen molar-refractivity contribution in [2.24, 2.45) is 23.7 Å². The van der Waals surface area contributed by atoms with E-state index in [4.69, 9.17) is 4.74 Å². The van der Waals surface area contributed by atoms with Gasteiger partial charge in [-0.1, -0.05) is 0 Å². The average molecular weight is 344 g/mol. The smallest absolute Gasteiger partial charge is 0.340 e. The van der Waals surface area contributed by atoms with Crippen molar-refractivity contribution in [1.82, 2.24) is 0 Å². The molecule has 1 aromatic rings. The summed E-state index contributed by atoms with van der Waals surface area (Å²) in [6.07, 6.45) is 2.74. The second-order valence-corrected chi connectivity index (χ2v) is 6.85. The number of nitro groups is 1. The maximum Gasteiger partial charge on any atom is 0.340 e. The van der Waals surface area contributed by atoms with Crippen LogP contribution >= 0.6 is 0 Å². The predicted octanol–water partition coefficient (Wildman–Crippen LogP) is 1.92. The molecule has 8 nitrogen and oxygen atoms in total. The van der Waals surface area contributed by atoms with Crippen LogP contribution in [0.4, 0.5) is 11.4 Å². The summed E-state index contributed by atoms with van der Waals surface area (Å²) in [6, 6.07) is 3.48. The van der Waals surface area contributed by atoms with Crippen molar-refractivity contribution in [3.8, 4) is 0 Å². The van der Waals surface area contributed by atoms with Crippen molar-refractivity contribution < 1.29 is 24.0 Å². The highest BCUT2D eigenvalue weighted by Gasteiger charge is 2.61. The van der Waals surface area contributed by atoms with Crippen LogP contribution in [-0.4, -0.2) is 29.8 Å². The summed E-state index contributed by atoms with van der Waals surface area (Å²) >= 11 is 0. The second-order valence-electron chi connectivity index (χ2n) is 6.85. The molecule has 0 radical (unpaired) electrons. The van der Waals surface area contributed by atoms with E-state index in [1.807, 2.05) is 0 Å². The van der Waals surface area contributed by atoms with Crippen LogP contribution in [-0.2, 0) is 14.3 Å². The number of amides is 2. The highest BCUT2D eigenvalue weighted by atomic mass is 16.6. The third-order valence-electron chi connectivity index (χ3n) is 5.77. The lowest BCUT2D eigenvalue weighted by atomic mass is 9.81. The molecule has 25 heavy (non-hydrogen) atoms. The van der Waals surface area contributed by atoms with Crippen molar-refractivity contribution in [1.29, 1.82) is 0 Å². The fourth-order valence-electron chi connectivity index (χ4n) is 4.75. The maximum atomic E-state index is 12.9. The number of nitrogens with zero attached hydrogens (tertiary/aromatic N) is 2. The van der Waals surface area contributed by atoms with E-state index in [1.165, 1.54) is 13.2 Å². The van der Waals surface area contributed by atoms with Gasteiger partial charge in [-0.15, -0.1) is 0 Å². The molecular formula is C17H16N2O6. The van der Waals surface area contributed by atoms with Crippen molar-refractivity contribution in [3.63, 3.8) is 0 Å². The number of hydrogen-bond donors (Lipinski definition) is 0. The Morgan fingerprint density at radius 1 is 1.20 bits per heavy atom. The number of rotatable bonds is 3. The Kier molecular flexibility index (Phi) is 3.38. The van der Waals surface area contributed by atoms with E-state index >= 15 is 0 Å². The minimum atomic E-state index is -0.745. The van der Waals surface area contributed by atoms with E-state index in [0.29, 0.717) is 0 Å². The molecule has 2 bridgehead atoms. The number of carbonyl (C=O) groups is 3. The van der Waals surface area contributed by atoms with Crippen LogP contribution in [0, 0.1) is 33.8 Å². The number of nitro benzene ring substituents is 1. The summed E-state index contributed by atoms with van der Waals surface area (Å²) in [5.41, 5.74) is -0.366. The lowest BCUT2D eigenvalue weighted by molar-refractivity contribution is -0.384. The van der Waals surface area contributed by atoms with Crippen LogP contribution in [0.3, 0.4) is 0 Å². The average Bonchev–Trinajstić information content (AvgIpc) is 3.27. The molecule has 3 aliphatic rings. The summed E-state index contributed by atoms with van der Waals surface area (Å²) in [4.78, 5) is 49.3. The molecule has 0 N–H and O–H groups in total. The molecule has 8 heteroatoms. The molecule has 0 aromatic heterocycles. The van der Waals surface area contributed by atoms with E-state index in [2.05, 4.69) is 0 Å². The van der Waals surface area contributed by atoms with E-state index in [0.717, 1.165) is 36.3 Å². The van der Waals surface area contributed by atoms with Gasteiger partial charge in [0.1, 0.15) is 0 Å². The number of anilines is 1. The number of carbonyl (C=O) groups excluding carboxylic acids is 3. The molecule has 2 saturated carbocycles. The van der Waals surface area contributed by atoms with Gasteiger partial charge in [0.05, 0.1) is 35.1 Å². The molecule has 2 aliphatic carbocycles. The first-order chi connectivity index (χ1) is 11.9. The van der Waals surface area contributed by atoms with Crippen LogP contribution < -0.4 is 4.90 Å². The lowest BCUT2D eigenvalue weighted by Gasteiger charge is -2.19. The molecule has 1 aliphatic heterocycles. The fraction of sp³-hybridized carbons (Fsp3) is 0.471. The summed E-state index contributed by atoms with van der Waals surface area (Å²) in [7, 11) is 1.18. The van der Waals surface area contributed by atoms with Crippen LogP contribution in [0.25, 0.3) is 0 Å². The van der Waals surface area contributed by atoms with Crippen molar-refractivity contribution >= 4 is 29.2 Å². The quantitative estimate of drug-likeness (QED) is 0.359. The monoisotopic (exact) mass is 344 g/mol. The number of imide groups is 1. The maximum absolute atomic E-state index is 12.9. The predicted molar refractivity (Wildman–Crippen MR) is 84.7 cm³/mol. The number of ether oxygens (including phenoxy) is 1. The zero-order chi connectivity index (χ0) is 17.9. The van der Waals surface area contributed by atoms with E-state index in [9.17, 15) is 24.5 Å². The fourth-order valence-corrected chi connectivity index (χ4v) is 4.75. The minimum absolute atomic E-state index is 0.0258. The van der Waals surface area contributed by atoms with Gasteiger partial charge in [0, 0.05) is 12.1 Å². The SMILES string of the molecule is COC(=O)c1ccc([N+](=O)[O-])cc1N1C(=O)[C@@H]2[C@@H]3CC[C@H](C3)[C@@H]2C1=O. The molecule has 130 valence electrons. The molecule has 4 atom stereocenters.